The third-order valence-corrected chi connectivity index (χ3v) is 8.81. The number of ether oxygens (including phenoxy) is 4. The van der Waals surface area contributed by atoms with E-state index in [2.05, 4.69) is 16.4 Å². The fraction of sp³-hybridized carbons (Fsp3) is 0.455. The summed E-state index contributed by atoms with van der Waals surface area (Å²) in [5.74, 6) is 1.20. The number of para-hydroxylation sites is 1. The van der Waals surface area contributed by atoms with Crippen molar-refractivity contribution in [2.45, 2.75) is 75.3 Å². The van der Waals surface area contributed by atoms with Crippen LogP contribution in [0.25, 0.3) is 11.1 Å². The Morgan fingerprint density at radius 2 is 1.91 bits per heavy atom. The van der Waals surface area contributed by atoms with Crippen LogP contribution in [0.1, 0.15) is 57.6 Å². The molecular weight excluding hydrogens is 588 g/mol. The largest absolute Gasteiger partial charge is 0.611 e. The predicted molar refractivity (Wildman–Crippen MR) is 167 cm³/mol. The van der Waals surface area contributed by atoms with Gasteiger partial charge in [0, 0.05) is 46.7 Å². The first-order chi connectivity index (χ1) is 20.6. The zero-order valence-electron chi connectivity index (χ0n) is 24.9. The van der Waals surface area contributed by atoms with Crippen molar-refractivity contribution in [3.63, 3.8) is 0 Å². The summed E-state index contributed by atoms with van der Waals surface area (Å²) in [5, 5.41) is 3.21. The van der Waals surface area contributed by atoms with E-state index in [0.717, 1.165) is 53.7 Å². The number of alkyl carbamates (subject to hydrolysis) is 1. The van der Waals surface area contributed by atoms with Crippen molar-refractivity contribution in [3.8, 4) is 16.9 Å². The Kier molecular flexibility index (Phi) is 10.2. The normalized spacial score (nSPS) is 16.4. The highest BCUT2D eigenvalue weighted by Crippen LogP contribution is 2.53. The number of nitrogens with zero attached hydrogens (tertiary/aromatic N) is 1. The Labute approximate surface area is 261 Å². The number of benzene rings is 2. The van der Waals surface area contributed by atoms with E-state index < -0.39 is 28.5 Å². The van der Waals surface area contributed by atoms with Crippen molar-refractivity contribution in [2.24, 2.45) is 0 Å². The molecule has 0 saturated heterocycles. The van der Waals surface area contributed by atoms with Crippen LogP contribution in [0.15, 0.2) is 65.8 Å². The minimum absolute atomic E-state index is 0.283. The first-order valence-corrected chi connectivity index (χ1v) is 16.4. The lowest BCUT2D eigenvalue weighted by Gasteiger charge is -2.22. The summed E-state index contributed by atoms with van der Waals surface area (Å²) in [6, 6.07) is 15.5. The molecule has 43 heavy (non-hydrogen) atoms. The Balaban J connectivity index is 1.17. The van der Waals surface area contributed by atoms with Crippen LogP contribution in [0.5, 0.6) is 5.75 Å². The number of amides is 1. The van der Waals surface area contributed by atoms with Gasteiger partial charge >= 0.3 is 6.09 Å². The molecule has 1 unspecified atom stereocenters. The Morgan fingerprint density at radius 1 is 1.12 bits per heavy atom. The Morgan fingerprint density at radius 3 is 2.65 bits per heavy atom. The van der Waals surface area contributed by atoms with Crippen LogP contribution >= 0.6 is 11.6 Å². The van der Waals surface area contributed by atoms with Gasteiger partial charge in [-0.2, -0.15) is 0 Å². The van der Waals surface area contributed by atoms with Gasteiger partial charge in [-0.05, 0) is 87.5 Å². The SMILES string of the molecule is CC(C)(C)OC(=O)NCCOCC[S+]([O-])c1ccc(Cl)c(COC2(c3cnccc3-c3ccccc3OC3CC3)CC2)c1. The van der Waals surface area contributed by atoms with Crippen LogP contribution in [0.2, 0.25) is 5.02 Å². The van der Waals surface area contributed by atoms with Crippen LogP contribution in [-0.4, -0.2) is 52.8 Å². The van der Waals surface area contributed by atoms with E-state index in [1.165, 1.54) is 0 Å². The average Bonchev–Trinajstić information content (AvgIpc) is 3.91. The van der Waals surface area contributed by atoms with Gasteiger partial charge in [0.25, 0.3) is 0 Å². The highest BCUT2D eigenvalue weighted by molar-refractivity contribution is 7.91. The number of hydrogen-bond donors (Lipinski definition) is 1. The van der Waals surface area contributed by atoms with Crippen LogP contribution < -0.4 is 10.1 Å². The molecule has 1 atom stereocenters. The molecule has 2 fully saturated rings. The van der Waals surface area contributed by atoms with Gasteiger partial charge in [-0.1, -0.05) is 29.8 Å². The molecule has 0 bridgehead atoms. The van der Waals surface area contributed by atoms with E-state index in [4.69, 9.17) is 30.5 Å². The molecule has 2 saturated carbocycles. The van der Waals surface area contributed by atoms with E-state index in [-0.39, 0.29) is 13.2 Å². The van der Waals surface area contributed by atoms with Gasteiger partial charge in [-0.3, -0.25) is 4.98 Å². The molecule has 5 rings (SSSR count). The molecule has 2 aliphatic rings. The van der Waals surface area contributed by atoms with Crippen LogP contribution in [-0.2, 0) is 37.6 Å². The quantitative estimate of drug-likeness (QED) is 0.155. The van der Waals surface area contributed by atoms with Gasteiger partial charge in [0.1, 0.15) is 17.1 Å². The average molecular weight is 627 g/mol. The van der Waals surface area contributed by atoms with Gasteiger partial charge in [-0.25, -0.2) is 4.79 Å². The second-order valence-corrected chi connectivity index (χ2v) is 13.8. The lowest BCUT2D eigenvalue weighted by atomic mass is 9.96. The van der Waals surface area contributed by atoms with Gasteiger partial charge in [-0.15, -0.1) is 0 Å². The topological polar surface area (TPSA) is 102 Å². The van der Waals surface area contributed by atoms with Crippen LogP contribution in [0.3, 0.4) is 0 Å². The number of carbonyl (C=O) groups excluding carboxylic acids is 1. The molecule has 1 heterocycles. The minimum Gasteiger partial charge on any atom is -0.611 e. The maximum atomic E-state index is 13.0. The first kappa shape index (κ1) is 31.6. The maximum Gasteiger partial charge on any atom is 0.407 e. The molecule has 2 aromatic carbocycles. The van der Waals surface area contributed by atoms with Crippen molar-refractivity contribution < 1.29 is 28.3 Å². The summed E-state index contributed by atoms with van der Waals surface area (Å²) in [4.78, 5) is 16.8. The Hall–Kier alpha value is -2.82. The number of pyridine rings is 1. The first-order valence-electron chi connectivity index (χ1n) is 14.7. The maximum absolute atomic E-state index is 13.0. The number of hydrogen-bond acceptors (Lipinski definition) is 7. The summed E-state index contributed by atoms with van der Waals surface area (Å²) in [6.07, 6.45) is 7.44. The number of halogens is 1. The van der Waals surface area contributed by atoms with Gasteiger partial charge in [0.05, 0.1) is 31.5 Å². The van der Waals surface area contributed by atoms with E-state index in [1.54, 1.807) is 39.1 Å². The van der Waals surface area contributed by atoms with Crippen molar-refractivity contribution in [1.82, 2.24) is 10.3 Å². The fourth-order valence-electron chi connectivity index (χ4n) is 4.67. The monoisotopic (exact) mass is 626 g/mol. The fourth-order valence-corrected chi connectivity index (χ4v) is 5.84. The van der Waals surface area contributed by atoms with Crippen molar-refractivity contribution >= 4 is 28.9 Å². The summed E-state index contributed by atoms with van der Waals surface area (Å²) in [6.45, 7) is 6.59. The van der Waals surface area contributed by atoms with E-state index in [9.17, 15) is 9.35 Å². The number of nitrogens with one attached hydrogen (secondary N) is 1. The molecule has 1 aromatic heterocycles. The molecule has 0 spiro atoms. The molecular formula is C33H39ClN2O6S. The number of carbonyl (C=O) groups is 1. The van der Waals surface area contributed by atoms with Gasteiger partial charge < -0.3 is 28.8 Å². The smallest absolute Gasteiger partial charge is 0.407 e. The third kappa shape index (κ3) is 8.86. The molecule has 8 nitrogen and oxygen atoms in total. The van der Waals surface area contributed by atoms with Crippen LogP contribution in [0.4, 0.5) is 4.79 Å². The Bertz CT molecular complexity index is 1410. The number of rotatable bonds is 14. The molecule has 1 N–H and O–H groups in total. The summed E-state index contributed by atoms with van der Waals surface area (Å²) in [5.41, 5.74) is 2.91. The number of aromatic nitrogens is 1. The van der Waals surface area contributed by atoms with E-state index in [1.807, 2.05) is 36.5 Å². The summed E-state index contributed by atoms with van der Waals surface area (Å²) in [7, 11) is 0. The lowest BCUT2D eigenvalue weighted by molar-refractivity contribution is 0.0173. The highest BCUT2D eigenvalue weighted by atomic mass is 35.5. The molecule has 3 aromatic rings. The van der Waals surface area contributed by atoms with Gasteiger partial charge in [0.2, 0.25) is 0 Å². The zero-order valence-corrected chi connectivity index (χ0v) is 26.5. The van der Waals surface area contributed by atoms with E-state index >= 15 is 0 Å². The third-order valence-electron chi connectivity index (χ3n) is 7.12. The van der Waals surface area contributed by atoms with Crippen molar-refractivity contribution in [2.75, 3.05) is 25.5 Å². The van der Waals surface area contributed by atoms with Crippen molar-refractivity contribution in [1.29, 1.82) is 0 Å². The second kappa shape index (κ2) is 13.9. The summed E-state index contributed by atoms with van der Waals surface area (Å²) < 4.78 is 36.5. The lowest BCUT2D eigenvalue weighted by Crippen LogP contribution is -2.34. The second-order valence-electron chi connectivity index (χ2n) is 11.9. The molecule has 0 aliphatic heterocycles. The van der Waals surface area contributed by atoms with Crippen molar-refractivity contribution in [3.05, 3.63) is 77.1 Å². The van der Waals surface area contributed by atoms with Crippen LogP contribution in [0, 0.1) is 0 Å². The highest BCUT2D eigenvalue weighted by Gasteiger charge is 2.48. The van der Waals surface area contributed by atoms with E-state index in [0.29, 0.717) is 34.9 Å². The molecule has 2 aliphatic carbocycles. The summed E-state index contributed by atoms with van der Waals surface area (Å²) >= 11 is 5.27. The predicted octanol–water partition coefficient (Wildman–Crippen LogP) is 6.80. The molecule has 1 amide bonds. The molecule has 0 radical (unpaired) electrons. The molecule has 10 heteroatoms. The minimum atomic E-state index is -1.28. The zero-order chi connectivity index (χ0) is 30.5. The standard InChI is InChI=1S/C33H39ClN2O6S/c1-32(2,3)42-31(37)36-16-17-39-18-19-43(38)25-10-11-29(34)23(20-25)22-40-33(13-14-33)28-21-35-15-12-26(28)27-6-4-5-7-30(27)41-24-8-9-24/h4-7,10-12,15,20-21,24H,8-9,13-14,16-19,22H2,1-3H3,(H,36,37). The van der Waals surface area contributed by atoms with Gasteiger partial charge in [0.15, 0.2) is 4.90 Å². The molecule has 230 valence electrons.